The zero-order valence-electron chi connectivity index (χ0n) is 17.0. The van der Waals surface area contributed by atoms with Gasteiger partial charge in [-0.3, -0.25) is 9.78 Å². The van der Waals surface area contributed by atoms with Gasteiger partial charge in [-0.1, -0.05) is 12.1 Å². The van der Waals surface area contributed by atoms with Crippen molar-refractivity contribution in [3.05, 3.63) is 73.1 Å². The third-order valence-corrected chi connectivity index (χ3v) is 6.18. The van der Waals surface area contributed by atoms with E-state index in [9.17, 15) is 19.2 Å². The fourth-order valence-electron chi connectivity index (χ4n) is 3.74. The van der Waals surface area contributed by atoms with Crippen LogP contribution in [0.2, 0.25) is 0 Å². The van der Waals surface area contributed by atoms with Crippen molar-refractivity contribution in [2.45, 2.75) is 19.8 Å². The van der Waals surface area contributed by atoms with Crippen LogP contribution >= 0.6 is 11.3 Å². The molecular weight excluding hydrogens is 422 g/mol. The summed E-state index contributed by atoms with van der Waals surface area (Å²) in [6.45, 7) is 3.66. The Morgan fingerprint density at radius 2 is 1.81 bits per heavy atom. The van der Waals surface area contributed by atoms with Gasteiger partial charge in [-0.05, 0) is 31.5 Å². The van der Waals surface area contributed by atoms with Crippen LogP contribution in [0.1, 0.15) is 41.3 Å². The predicted molar refractivity (Wildman–Crippen MR) is 116 cm³/mol. The van der Waals surface area contributed by atoms with E-state index in [4.69, 9.17) is 9.47 Å². The Morgan fingerprint density at radius 1 is 1.10 bits per heavy atom. The maximum Gasteiger partial charge on any atom is 0.337 e. The Hall–Kier alpha value is -3.66. The van der Waals surface area contributed by atoms with Gasteiger partial charge in [-0.2, -0.15) is 0 Å². The lowest BCUT2D eigenvalue weighted by Crippen LogP contribution is -2.25. The lowest BCUT2D eigenvalue weighted by atomic mass is 9.82. The largest absolute Gasteiger partial charge is 0.465 e. The average Bonchev–Trinajstić information content (AvgIpc) is 3.10. The van der Waals surface area contributed by atoms with Gasteiger partial charge in [0, 0.05) is 17.2 Å². The molecule has 0 aliphatic carbocycles. The van der Waals surface area contributed by atoms with Crippen LogP contribution in [0, 0.1) is 0 Å². The summed E-state index contributed by atoms with van der Waals surface area (Å²) in [5.41, 5.74) is 1.81. The van der Waals surface area contributed by atoms with E-state index in [0.29, 0.717) is 43.2 Å². The lowest BCUT2D eigenvalue weighted by molar-refractivity contribution is -0.138. The molecule has 0 fully saturated rings. The van der Waals surface area contributed by atoms with Crippen LogP contribution in [0.3, 0.4) is 0 Å². The number of ether oxygens (including phenoxy) is 2. The van der Waals surface area contributed by atoms with E-state index in [1.807, 2.05) is 0 Å². The molecule has 2 aromatic heterocycles. The van der Waals surface area contributed by atoms with Crippen LogP contribution < -0.4 is 16.6 Å². The zero-order valence-corrected chi connectivity index (χ0v) is 17.8. The summed E-state index contributed by atoms with van der Waals surface area (Å²) in [4.78, 5) is 54.0. The minimum absolute atomic E-state index is 0.192. The van der Waals surface area contributed by atoms with Gasteiger partial charge < -0.3 is 19.8 Å². The van der Waals surface area contributed by atoms with Crippen molar-refractivity contribution in [2.24, 2.45) is 0 Å². The monoisotopic (exact) mass is 441 g/mol. The van der Waals surface area contributed by atoms with E-state index < -0.39 is 29.1 Å². The Balaban J connectivity index is 1.98. The van der Waals surface area contributed by atoms with E-state index in [0.717, 1.165) is 0 Å². The quantitative estimate of drug-likeness (QED) is 0.530. The number of nitrogens with one attached hydrogen (secondary N) is 3. The van der Waals surface area contributed by atoms with Gasteiger partial charge in [0.25, 0.3) is 5.56 Å². The Labute approximate surface area is 179 Å². The number of aromatic amines is 2. The molecule has 31 heavy (non-hydrogen) atoms. The maximum atomic E-state index is 12.9. The molecule has 160 valence electrons. The van der Waals surface area contributed by atoms with Gasteiger partial charge in [0.2, 0.25) is 0 Å². The summed E-state index contributed by atoms with van der Waals surface area (Å²) in [7, 11) is 1.30. The number of aromatic nitrogens is 2. The van der Waals surface area contributed by atoms with Gasteiger partial charge >= 0.3 is 17.6 Å². The number of allylic oxidation sites excluding steroid dienone is 1. The maximum absolute atomic E-state index is 12.9. The third kappa shape index (κ3) is 3.44. The molecule has 3 aromatic rings. The molecule has 0 saturated carbocycles. The van der Waals surface area contributed by atoms with Crippen LogP contribution in [-0.4, -0.2) is 35.6 Å². The fourth-order valence-corrected chi connectivity index (χ4v) is 4.89. The molecule has 0 amide bonds. The molecule has 3 N–H and O–H groups in total. The summed E-state index contributed by atoms with van der Waals surface area (Å²) >= 11 is 1.19. The van der Waals surface area contributed by atoms with Crippen molar-refractivity contribution in [2.75, 3.05) is 19.0 Å². The summed E-state index contributed by atoms with van der Waals surface area (Å²) in [6, 6.07) is 6.64. The molecule has 3 heterocycles. The second-order valence-corrected chi connectivity index (χ2v) is 7.91. The summed E-state index contributed by atoms with van der Waals surface area (Å²) in [5, 5.41) is 3.82. The van der Waals surface area contributed by atoms with Crippen molar-refractivity contribution >= 4 is 38.5 Å². The van der Waals surface area contributed by atoms with Crippen LogP contribution in [0.15, 0.2) is 45.1 Å². The molecule has 0 unspecified atom stereocenters. The Bertz CT molecular complexity index is 1350. The number of carbonyl (C=O) groups is 2. The van der Waals surface area contributed by atoms with Gasteiger partial charge in [-0.15, -0.1) is 11.3 Å². The predicted octanol–water partition coefficient (Wildman–Crippen LogP) is 2.46. The molecule has 0 spiro atoms. The molecule has 0 bridgehead atoms. The molecule has 10 heteroatoms. The highest BCUT2D eigenvalue weighted by molar-refractivity contribution is 7.23. The first-order valence-electron chi connectivity index (χ1n) is 9.47. The minimum Gasteiger partial charge on any atom is -0.465 e. The van der Waals surface area contributed by atoms with E-state index in [2.05, 4.69) is 15.3 Å². The normalized spacial score (nSPS) is 15.4. The Morgan fingerprint density at radius 3 is 2.45 bits per heavy atom. The zero-order chi connectivity index (χ0) is 22.3. The SMILES string of the molecule is CCOC(=O)C1=C(C)Nc2sc3c(=O)[nH]c(=O)[nH]c3c2[C@@H]1c1ccc(C(=O)OC)cc1. The van der Waals surface area contributed by atoms with E-state index in [1.54, 1.807) is 38.1 Å². The molecule has 0 saturated heterocycles. The van der Waals surface area contributed by atoms with Gasteiger partial charge in [-0.25, -0.2) is 14.4 Å². The first kappa shape index (κ1) is 20.6. The van der Waals surface area contributed by atoms with E-state index in [-0.39, 0.29) is 6.61 Å². The molecule has 9 nitrogen and oxygen atoms in total. The highest BCUT2D eigenvalue weighted by Crippen LogP contribution is 2.48. The molecule has 4 rings (SSSR count). The molecular formula is C21H19N3O6S. The van der Waals surface area contributed by atoms with Crippen molar-refractivity contribution < 1.29 is 19.1 Å². The van der Waals surface area contributed by atoms with Crippen molar-refractivity contribution in [3.8, 4) is 0 Å². The number of benzene rings is 1. The number of anilines is 1. The molecule has 1 aromatic carbocycles. The number of methoxy groups -OCH3 is 1. The number of hydrogen-bond acceptors (Lipinski definition) is 8. The second-order valence-electron chi connectivity index (χ2n) is 6.89. The van der Waals surface area contributed by atoms with Crippen LogP contribution in [0.4, 0.5) is 5.00 Å². The summed E-state index contributed by atoms with van der Waals surface area (Å²) in [5.74, 6) is -1.60. The number of rotatable bonds is 4. The van der Waals surface area contributed by atoms with Crippen molar-refractivity contribution in [1.82, 2.24) is 9.97 Å². The van der Waals surface area contributed by atoms with Crippen LogP contribution in [0.25, 0.3) is 10.2 Å². The van der Waals surface area contributed by atoms with Gasteiger partial charge in [0.05, 0.1) is 35.4 Å². The van der Waals surface area contributed by atoms with Gasteiger partial charge in [0.15, 0.2) is 0 Å². The number of fused-ring (bicyclic) bond motifs is 3. The highest BCUT2D eigenvalue weighted by atomic mass is 32.1. The standard InChI is InChI=1S/C21H19N3O6S/c1-4-30-20(27)12-9(2)22-18-14(15-16(31-18)17(25)24-21(28)23-15)13(12)10-5-7-11(8-6-10)19(26)29-3/h5-8,13,22H,4H2,1-3H3,(H2,23,24,25,28)/t13-/m1/s1. The van der Waals surface area contributed by atoms with Crippen molar-refractivity contribution in [1.29, 1.82) is 0 Å². The minimum atomic E-state index is -0.637. The summed E-state index contributed by atoms with van der Waals surface area (Å²) in [6.07, 6.45) is 0. The number of hydrogen-bond donors (Lipinski definition) is 3. The smallest absolute Gasteiger partial charge is 0.337 e. The first-order valence-corrected chi connectivity index (χ1v) is 10.3. The van der Waals surface area contributed by atoms with Crippen LogP contribution in [0.5, 0.6) is 0 Å². The second kappa shape index (κ2) is 7.88. The van der Waals surface area contributed by atoms with Crippen LogP contribution in [-0.2, 0) is 14.3 Å². The van der Waals surface area contributed by atoms with Gasteiger partial charge in [0.1, 0.15) is 4.70 Å². The van der Waals surface area contributed by atoms with E-state index >= 15 is 0 Å². The third-order valence-electron chi connectivity index (χ3n) is 5.06. The molecule has 0 radical (unpaired) electrons. The van der Waals surface area contributed by atoms with Crippen molar-refractivity contribution in [3.63, 3.8) is 0 Å². The molecule has 1 aliphatic rings. The molecule has 1 aliphatic heterocycles. The van der Waals surface area contributed by atoms with E-state index in [1.165, 1.54) is 18.4 Å². The number of carbonyl (C=O) groups excluding carboxylic acids is 2. The fraction of sp³-hybridized carbons (Fsp3) is 0.238. The lowest BCUT2D eigenvalue weighted by Gasteiger charge is -2.28. The number of esters is 2. The average molecular weight is 441 g/mol. The highest BCUT2D eigenvalue weighted by Gasteiger charge is 2.36. The number of H-pyrrole nitrogens is 2. The first-order chi connectivity index (χ1) is 14.8. The topological polar surface area (TPSA) is 130 Å². The summed E-state index contributed by atoms with van der Waals surface area (Å²) < 4.78 is 10.4. The number of thiophene rings is 1. The molecule has 1 atom stereocenters. The Kier molecular flexibility index (Phi) is 5.24.